The second-order valence-corrected chi connectivity index (χ2v) is 10.9. The summed E-state index contributed by atoms with van der Waals surface area (Å²) >= 11 is 13.2. The van der Waals surface area contributed by atoms with E-state index in [1.54, 1.807) is 11.6 Å². The molecule has 28 heavy (non-hydrogen) atoms. The highest BCUT2D eigenvalue weighted by molar-refractivity contribution is 7.68. The van der Waals surface area contributed by atoms with E-state index in [1.807, 2.05) is 60.7 Å². The van der Waals surface area contributed by atoms with Gasteiger partial charge in [0.2, 0.25) is 0 Å². The molecule has 3 rings (SSSR count). The van der Waals surface area contributed by atoms with Crippen molar-refractivity contribution >= 4 is 40.6 Å². The molecule has 1 saturated heterocycles. The van der Waals surface area contributed by atoms with Crippen molar-refractivity contribution in [2.45, 2.75) is 20.3 Å². The van der Waals surface area contributed by atoms with Gasteiger partial charge in [-0.15, -0.1) is 0 Å². The van der Waals surface area contributed by atoms with E-state index in [-0.39, 0.29) is 0 Å². The fourth-order valence-electron chi connectivity index (χ4n) is 3.75. The predicted molar refractivity (Wildman–Crippen MR) is 123 cm³/mol. The topological polar surface area (TPSA) is 20.3 Å². The van der Waals surface area contributed by atoms with Gasteiger partial charge >= 0.3 is 0 Å². The Kier molecular flexibility index (Phi) is 7.23. The van der Waals surface area contributed by atoms with Gasteiger partial charge in [0.15, 0.2) is 7.29 Å². The monoisotopic (exact) mass is 433 g/mol. The number of nitrogens with zero attached hydrogens (tertiary/aromatic N) is 1. The van der Waals surface area contributed by atoms with E-state index in [2.05, 4.69) is 18.5 Å². The summed E-state index contributed by atoms with van der Waals surface area (Å²) in [5.41, 5.74) is 1.71. The van der Waals surface area contributed by atoms with Crippen LogP contribution in [0.4, 0.5) is 0 Å². The third-order valence-corrected chi connectivity index (χ3v) is 8.41. The van der Waals surface area contributed by atoms with Gasteiger partial charge in [0, 0.05) is 24.7 Å². The van der Waals surface area contributed by atoms with Crippen LogP contribution in [0.3, 0.4) is 0 Å². The minimum absolute atomic E-state index is 0.477. The molecule has 0 aliphatic carbocycles. The maximum absolute atomic E-state index is 14.2. The van der Waals surface area contributed by atoms with Crippen molar-refractivity contribution in [3.63, 3.8) is 0 Å². The molecule has 0 radical (unpaired) electrons. The quantitative estimate of drug-likeness (QED) is 0.449. The number of rotatable bonds is 5. The van der Waals surface area contributed by atoms with Crippen LogP contribution in [0.15, 0.2) is 72.3 Å². The molecular weight excluding hydrogens is 408 g/mol. The lowest BCUT2D eigenvalue weighted by Crippen LogP contribution is -2.35. The zero-order valence-corrected chi connectivity index (χ0v) is 18.7. The van der Waals surface area contributed by atoms with E-state index in [0.717, 1.165) is 30.6 Å². The second-order valence-electron chi connectivity index (χ2n) is 7.68. The van der Waals surface area contributed by atoms with E-state index in [1.165, 1.54) is 0 Å². The van der Waals surface area contributed by atoms with Crippen LogP contribution in [-0.2, 0) is 4.57 Å². The summed E-state index contributed by atoms with van der Waals surface area (Å²) in [5.74, 6) is 4.37. The largest absolute Gasteiger partial charge is 0.297 e. The molecule has 0 aromatic heterocycles. The molecule has 0 N–H and O–H groups in total. The molecule has 1 fully saturated rings. The second kappa shape index (κ2) is 9.46. The third kappa shape index (κ3) is 5.39. The standard InChI is InChI=1S/C23H26Cl2NOP/c1-18-13-19(2)15-26(14-18)28(27,16-22(24)20-9-5-3-6-10-20)17-23(25)21-11-7-4-8-12-21/h3-12,16-19H,13-15H2,1-2H3/b22-16-,23-17+. The zero-order valence-electron chi connectivity index (χ0n) is 16.3. The van der Waals surface area contributed by atoms with Crippen LogP contribution >= 0.6 is 30.5 Å². The number of piperidine rings is 1. The summed E-state index contributed by atoms with van der Waals surface area (Å²) in [6, 6.07) is 19.3. The summed E-state index contributed by atoms with van der Waals surface area (Å²) in [7, 11) is -3.07. The molecule has 148 valence electrons. The highest BCUT2D eigenvalue weighted by atomic mass is 35.5. The summed E-state index contributed by atoms with van der Waals surface area (Å²) in [6.45, 7) is 5.95. The van der Waals surface area contributed by atoms with Crippen molar-refractivity contribution in [1.82, 2.24) is 4.67 Å². The van der Waals surface area contributed by atoms with Gasteiger partial charge < -0.3 is 0 Å². The van der Waals surface area contributed by atoms with E-state index >= 15 is 0 Å². The Balaban J connectivity index is 2.04. The van der Waals surface area contributed by atoms with Crippen molar-refractivity contribution in [3.05, 3.63) is 83.4 Å². The van der Waals surface area contributed by atoms with E-state index in [4.69, 9.17) is 23.2 Å². The Labute approximate surface area is 178 Å². The Morgan fingerprint density at radius 3 is 1.64 bits per heavy atom. The lowest BCUT2D eigenvalue weighted by molar-refractivity contribution is 0.224. The molecule has 0 bridgehead atoms. The van der Waals surface area contributed by atoms with Gasteiger partial charge in [-0.05, 0) is 29.4 Å². The summed E-state index contributed by atoms with van der Waals surface area (Å²) in [6.07, 6.45) is 1.14. The first kappa shape index (κ1) is 21.4. The van der Waals surface area contributed by atoms with Gasteiger partial charge in [0.05, 0.1) is 10.1 Å². The van der Waals surface area contributed by atoms with Crippen molar-refractivity contribution in [3.8, 4) is 0 Å². The molecular formula is C23H26Cl2NOP. The molecule has 0 spiro atoms. The first-order chi connectivity index (χ1) is 13.4. The van der Waals surface area contributed by atoms with Crippen molar-refractivity contribution in [1.29, 1.82) is 0 Å². The van der Waals surface area contributed by atoms with Crippen molar-refractivity contribution in [2.75, 3.05) is 13.1 Å². The lowest BCUT2D eigenvalue weighted by atomic mass is 9.94. The Bertz CT molecular complexity index is 826. The van der Waals surface area contributed by atoms with Crippen LogP contribution in [0.5, 0.6) is 0 Å². The smallest absolute Gasteiger partial charge is 0.196 e. The maximum atomic E-state index is 14.2. The molecule has 1 aliphatic heterocycles. The molecule has 0 amide bonds. The molecule has 3 unspecified atom stereocenters. The van der Waals surface area contributed by atoms with Gasteiger partial charge in [0.1, 0.15) is 0 Å². The van der Waals surface area contributed by atoms with Gasteiger partial charge in [-0.2, -0.15) is 0 Å². The predicted octanol–water partition coefficient (Wildman–Crippen LogP) is 7.72. The average molecular weight is 434 g/mol. The normalized spacial score (nSPS) is 24.0. The van der Waals surface area contributed by atoms with E-state index in [0.29, 0.717) is 21.9 Å². The molecule has 0 saturated carbocycles. The lowest BCUT2D eigenvalue weighted by Gasteiger charge is -2.38. The third-order valence-electron chi connectivity index (χ3n) is 4.99. The van der Waals surface area contributed by atoms with Crippen LogP contribution in [0, 0.1) is 11.8 Å². The highest BCUT2D eigenvalue weighted by Gasteiger charge is 2.33. The Hall–Kier alpha value is -1.31. The van der Waals surface area contributed by atoms with Gasteiger partial charge in [0.25, 0.3) is 0 Å². The molecule has 1 heterocycles. The molecule has 5 heteroatoms. The first-order valence-corrected chi connectivity index (χ1v) is 12.1. The fourth-order valence-corrected chi connectivity index (χ4v) is 7.26. The van der Waals surface area contributed by atoms with Crippen molar-refractivity contribution in [2.24, 2.45) is 11.8 Å². The van der Waals surface area contributed by atoms with Gasteiger partial charge in [-0.25, -0.2) is 4.67 Å². The zero-order chi connectivity index (χ0) is 20.1. The van der Waals surface area contributed by atoms with E-state index < -0.39 is 7.29 Å². The van der Waals surface area contributed by atoms with Crippen LogP contribution in [0.2, 0.25) is 0 Å². The van der Waals surface area contributed by atoms with Crippen LogP contribution in [0.1, 0.15) is 31.4 Å². The summed E-state index contributed by atoms with van der Waals surface area (Å²) in [4.78, 5) is 0. The minimum Gasteiger partial charge on any atom is -0.297 e. The minimum atomic E-state index is -3.07. The van der Waals surface area contributed by atoms with E-state index in [9.17, 15) is 4.57 Å². The summed E-state index contributed by atoms with van der Waals surface area (Å²) in [5, 5.41) is 0.979. The molecule has 1 aliphatic rings. The molecule has 2 nitrogen and oxygen atoms in total. The number of hydrogen-bond acceptors (Lipinski definition) is 1. The number of hydrogen-bond donors (Lipinski definition) is 0. The SMILES string of the molecule is CC1CC(C)CN(P(=O)(/C=C(\Cl)c2ccccc2)/C=C(/Cl)c2ccccc2)C1. The number of benzene rings is 2. The molecule has 3 atom stereocenters. The maximum Gasteiger partial charge on any atom is 0.196 e. The first-order valence-electron chi connectivity index (χ1n) is 9.60. The highest BCUT2D eigenvalue weighted by Crippen LogP contribution is 2.58. The molecule has 2 aromatic rings. The van der Waals surface area contributed by atoms with Crippen LogP contribution < -0.4 is 0 Å². The number of halogens is 2. The van der Waals surface area contributed by atoms with Crippen molar-refractivity contribution < 1.29 is 4.57 Å². The van der Waals surface area contributed by atoms with Gasteiger partial charge in [-0.3, -0.25) is 4.57 Å². The summed E-state index contributed by atoms with van der Waals surface area (Å²) < 4.78 is 16.3. The average Bonchev–Trinajstić information content (AvgIpc) is 2.68. The fraction of sp³-hybridized carbons (Fsp3) is 0.304. The Morgan fingerprint density at radius 1 is 0.857 bits per heavy atom. The molecule has 2 aromatic carbocycles. The van der Waals surface area contributed by atoms with Crippen LogP contribution in [-0.4, -0.2) is 17.8 Å². The van der Waals surface area contributed by atoms with Gasteiger partial charge in [-0.1, -0.05) is 97.7 Å². The van der Waals surface area contributed by atoms with Crippen LogP contribution in [0.25, 0.3) is 10.1 Å². The Morgan fingerprint density at radius 2 is 1.25 bits per heavy atom.